The van der Waals surface area contributed by atoms with Crippen LogP contribution in [0.25, 0.3) is 113 Å². The number of likely N-dealkylation sites (N-methyl/N-ethyl adjacent to an activating group) is 1. The second kappa shape index (κ2) is 40.9. The Hall–Kier alpha value is -13.1. The van der Waals surface area contributed by atoms with Crippen molar-refractivity contribution in [3.63, 3.8) is 0 Å². The first kappa shape index (κ1) is 84.8. The molecule has 2 atom stereocenters. The quantitative estimate of drug-likeness (QED) is 0.0376. The van der Waals surface area contributed by atoms with Crippen LogP contribution in [0.5, 0.6) is 46.0 Å². The number of rotatable bonds is 30. The van der Waals surface area contributed by atoms with Gasteiger partial charge < -0.3 is 76.1 Å². The van der Waals surface area contributed by atoms with E-state index in [2.05, 4.69) is 79.8 Å². The van der Waals surface area contributed by atoms with Crippen LogP contribution in [0.15, 0.2) is 188 Å². The number of pyridine rings is 2. The number of nitrogens with zero attached hydrogens (tertiary/aromatic N) is 13. The molecule has 2 aliphatic heterocycles. The molecule has 0 radical (unpaired) electrons. The van der Waals surface area contributed by atoms with Gasteiger partial charge in [0.15, 0.2) is 46.0 Å². The van der Waals surface area contributed by atoms with Crippen LogP contribution in [0, 0.1) is 6.92 Å². The van der Waals surface area contributed by atoms with Gasteiger partial charge in [-0.15, -0.1) is 0 Å². The summed E-state index contributed by atoms with van der Waals surface area (Å²) >= 11 is 0. The summed E-state index contributed by atoms with van der Waals surface area (Å²) in [6.07, 6.45) is 8.02. The van der Waals surface area contributed by atoms with E-state index in [-0.39, 0.29) is 18.6 Å². The molecule has 29 heteroatoms. The zero-order valence-electron chi connectivity index (χ0n) is 69.4. The van der Waals surface area contributed by atoms with Crippen molar-refractivity contribution >= 4 is 27.6 Å². The van der Waals surface area contributed by atoms with E-state index in [4.69, 9.17) is 61.0 Å². The Kier molecular flexibility index (Phi) is 28.9. The SMILES string of the molecule is CCOc1ccc(-c2nc(-c3cc4ccccc4cn3)no2)cc1OCC.CCOc1ccc(-c2nc(-c3ccc(CN4C[C@H](O)C[C@H]4C(=O)N(C)C)cc3C)no2)cc1OCC.CCOc1ccc(-c2nc(-c3cccc4[nH]cc(CN5CCCC5)c34)no2)cc1OCC.CCOc1ccc(-c2nc(-c3ccnc(CO)c3)no2)cc1OCC. The van der Waals surface area contributed by atoms with E-state index in [1.807, 2.05) is 195 Å². The van der Waals surface area contributed by atoms with Gasteiger partial charge in [-0.1, -0.05) is 75.2 Å². The number of carbonyl (C=O) groups excluding carboxylic acids is 1. The van der Waals surface area contributed by atoms with Gasteiger partial charge in [-0.3, -0.25) is 24.6 Å². The van der Waals surface area contributed by atoms with Gasteiger partial charge in [0, 0.05) is 108 Å². The molecule has 7 aromatic heterocycles. The Morgan fingerprint density at radius 2 is 0.967 bits per heavy atom. The van der Waals surface area contributed by atoms with Crippen molar-refractivity contribution in [2.45, 2.75) is 113 Å². The molecular weight excluding hydrogens is 1530 g/mol. The molecule has 624 valence electrons. The monoisotopic (exact) mass is 1630 g/mol. The van der Waals surface area contributed by atoms with Crippen molar-refractivity contribution in [3.05, 3.63) is 193 Å². The van der Waals surface area contributed by atoms with Crippen LogP contribution in [0.3, 0.4) is 0 Å². The van der Waals surface area contributed by atoms with E-state index >= 15 is 0 Å². The van der Waals surface area contributed by atoms with Crippen molar-refractivity contribution in [1.82, 2.24) is 70.2 Å². The summed E-state index contributed by atoms with van der Waals surface area (Å²) in [6.45, 7) is 26.0. The van der Waals surface area contributed by atoms with Crippen molar-refractivity contribution < 1.29 is 71.0 Å². The number of fused-ring (bicyclic) bond motifs is 2. The third kappa shape index (κ3) is 20.7. The molecule has 2 saturated heterocycles. The summed E-state index contributed by atoms with van der Waals surface area (Å²) in [6, 6.07) is 47.7. The van der Waals surface area contributed by atoms with Crippen LogP contribution in [0.1, 0.15) is 97.0 Å². The molecular formula is C91H100N14O15. The summed E-state index contributed by atoms with van der Waals surface area (Å²) in [5.74, 6) is 8.96. The number of aliphatic hydroxyl groups is 2. The smallest absolute Gasteiger partial charge is 0.258 e. The van der Waals surface area contributed by atoms with E-state index in [9.17, 15) is 15.0 Å². The summed E-state index contributed by atoms with van der Waals surface area (Å²) in [5, 5.41) is 39.3. The first-order chi connectivity index (χ1) is 58.6. The third-order valence-electron chi connectivity index (χ3n) is 19.6. The van der Waals surface area contributed by atoms with Crippen LogP contribution in [0.4, 0.5) is 0 Å². The predicted octanol–water partition coefficient (Wildman–Crippen LogP) is 16.6. The molecule has 14 aromatic rings. The highest BCUT2D eigenvalue weighted by atomic mass is 16.5. The lowest BCUT2D eigenvalue weighted by Gasteiger charge is -2.26. The molecule has 9 heterocycles. The van der Waals surface area contributed by atoms with E-state index in [1.165, 1.54) is 18.4 Å². The van der Waals surface area contributed by atoms with Gasteiger partial charge in [0.25, 0.3) is 23.6 Å². The van der Waals surface area contributed by atoms with Gasteiger partial charge in [-0.25, -0.2) is 0 Å². The minimum absolute atomic E-state index is 0.0148. The molecule has 0 saturated carbocycles. The second-order valence-corrected chi connectivity index (χ2v) is 28.2. The molecule has 0 spiro atoms. The number of hydrogen-bond acceptors (Lipinski definition) is 27. The average molecular weight is 1630 g/mol. The molecule has 1 amide bonds. The maximum atomic E-state index is 12.6. The highest BCUT2D eigenvalue weighted by molar-refractivity contribution is 5.96. The van der Waals surface area contributed by atoms with Crippen LogP contribution in [-0.2, 0) is 24.5 Å². The number of amides is 1. The topological polar surface area (TPSA) is 338 Å². The number of aliphatic hydroxyl groups excluding tert-OH is 2. The van der Waals surface area contributed by atoms with Crippen molar-refractivity contribution in [2.24, 2.45) is 0 Å². The van der Waals surface area contributed by atoms with E-state index in [0.717, 1.165) is 91.4 Å². The number of β-amino-alcohol motifs (C(OH)–C–C–N with tert-alkyl or cyclic N) is 1. The highest BCUT2D eigenvalue weighted by Gasteiger charge is 2.37. The first-order valence-electron chi connectivity index (χ1n) is 40.5. The summed E-state index contributed by atoms with van der Waals surface area (Å²) < 4.78 is 67.3. The number of aromatic nitrogens is 11. The number of hydrogen-bond donors (Lipinski definition) is 3. The lowest BCUT2D eigenvalue weighted by Crippen LogP contribution is -2.42. The molecule has 2 fully saturated rings. The molecule has 3 N–H and O–H groups in total. The molecule has 0 unspecified atom stereocenters. The summed E-state index contributed by atoms with van der Waals surface area (Å²) in [7, 11) is 3.49. The van der Waals surface area contributed by atoms with Crippen molar-refractivity contribution in [2.75, 3.05) is 86.6 Å². The van der Waals surface area contributed by atoms with Gasteiger partial charge in [0.2, 0.25) is 29.2 Å². The molecule has 7 aromatic carbocycles. The largest absolute Gasteiger partial charge is 0.490 e. The average Bonchev–Trinajstić information content (AvgIpc) is 1.62. The van der Waals surface area contributed by atoms with Gasteiger partial charge in [0.05, 0.1) is 77.3 Å². The summed E-state index contributed by atoms with van der Waals surface area (Å²) in [4.78, 5) is 48.8. The number of likely N-dealkylation sites (tertiary alicyclic amines) is 2. The number of aryl methyl sites for hydroxylation is 1. The van der Waals surface area contributed by atoms with E-state index in [1.54, 1.807) is 37.3 Å². The molecule has 0 bridgehead atoms. The molecule has 120 heavy (non-hydrogen) atoms. The number of H-pyrrole nitrogens is 1. The van der Waals surface area contributed by atoms with E-state index in [0.29, 0.717) is 177 Å². The third-order valence-corrected chi connectivity index (χ3v) is 19.6. The molecule has 0 aliphatic carbocycles. The van der Waals surface area contributed by atoms with Crippen LogP contribution in [0.2, 0.25) is 0 Å². The first-order valence-corrected chi connectivity index (χ1v) is 40.5. The van der Waals surface area contributed by atoms with Gasteiger partial charge in [-0.05, 0) is 214 Å². The number of aromatic amines is 1. The molecule has 2 aliphatic rings. The Morgan fingerprint density at radius 1 is 0.492 bits per heavy atom. The van der Waals surface area contributed by atoms with Crippen LogP contribution in [-0.4, -0.2) is 185 Å². The maximum absolute atomic E-state index is 12.6. The Balaban J connectivity index is 0.000000140. The predicted molar refractivity (Wildman–Crippen MR) is 454 cm³/mol. The van der Waals surface area contributed by atoms with Gasteiger partial charge in [-0.2, -0.15) is 19.9 Å². The Labute approximate surface area is 695 Å². The van der Waals surface area contributed by atoms with Gasteiger partial charge in [0.1, 0.15) is 5.69 Å². The van der Waals surface area contributed by atoms with E-state index < -0.39 is 6.10 Å². The van der Waals surface area contributed by atoms with Gasteiger partial charge >= 0.3 is 0 Å². The van der Waals surface area contributed by atoms with Crippen LogP contribution < -0.4 is 37.9 Å². The van der Waals surface area contributed by atoms with Crippen molar-refractivity contribution in [1.29, 1.82) is 0 Å². The molecule has 16 rings (SSSR count). The Bertz CT molecular complexity index is 5720. The normalized spacial score (nSPS) is 13.8. The minimum Gasteiger partial charge on any atom is -0.490 e. The Morgan fingerprint density at radius 3 is 1.47 bits per heavy atom. The maximum Gasteiger partial charge on any atom is 0.258 e. The number of benzene rings is 7. The fraction of sp³-hybridized carbons (Fsp3) is 0.330. The number of ether oxygens (including phenoxy) is 8. The fourth-order valence-corrected chi connectivity index (χ4v) is 14.1. The zero-order chi connectivity index (χ0) is 84.0. The lowest BCUT2D eigenvalue weighted by atomic mass is 10.0. The fourth-order valence-electron chi connectivity index (χ4n) is 14.1. The van der Waals surface area contributed by atoms with Crippen LogP contribution >= 0.6 is 0 Å². The number of nitrogens with one attached hydrogen (secondary N) is 1. The standard InChI is InChI=1S/C27H34N4O5.C25H28N4O3.C21H19N3O3.C18H19N3O4/c1-6-34-23-11-9-19(13-24(23)35-7-2)26-28-25(29-36-26)21-10-8-18(12-17(21)3)15-31-16-20(32)14-22(31)27(33)30(4)5;1-3-30-21-11-10-17(14-22(21)31-4-2)25-27-24(28-32-25)19-8-7-9-20-23(19)18(15-26-20)16-29-12-5-6-13-29;1-3-25-18-10-9-15(12-19(18)26-4-2)21-23-20(24-27-21)17-11-14-7-5-6-8-16(14)13-22-17;1-3-23-15-6-5-13(10-16(15)24-4-2)18-20-17(21-25-18)12-7-8-19-14(9-12)11-22/h8-13,20,22,32H,6-7,14-16H2,1-5H3;7-11,14-15,26H,3-6,12-13,16H2,1-2H3;5-13H,3-4H2,1-2H3;5-10,22H,3-4,11H2,1-2H3/t20-,22+;;;/m1.../s1. The summed E-state index contributed by atoms with van der Waals surface area (Å²) in [5.41, 5.74) is 11.2. The minimum atomic E-state index is -0.497. The number of carbonyl (C=O) groups is 1. The zero-order valence-corrected chi connectivity index (χ0v) is 69.4. The second-order valence-electron chi connectivity index (χ2n) is 28.2. The lowest BCUT2D eigenvalue weighted by molar-refractivity contribution is -0.133. The highest BCUT2D eigenvalue weighted by Crippen LogP contribution is 2.40. The molecule has 29 nitrogen and oxygen atoms in total. The van der Waals surface area contributed by atoms with Crippen molar-refractivity contribution in [3.8, 4) is 137 Å².